The van der Waals surface area contributed by atoms with Gasteiger partial charge in [-0.2, -0.15) is 0 Å². The molecule has 0 N–H and O–H groups in total. The fourth-order valence-corrected chi connectivity index (χ4v) is 1.88. The zero-order valence-corrected chi connectivity index (χ0v) is 8.76. The fourth-order valence-electron chi connectivity index (χ4n) is 1.39. The van der Waals surface area contributed by atoms with E-state index in [1.54, 1.807) is 6.07 Å². The Labute approximate surface area is 88.7 Å². The fraction of sp³-hybridized carbons (Fsp3) is 0.0909. The second kappa shape index (κ2) is 3.65. The van der Waals surface area contributed by atoms with Gasteiger partial charge in [0.05, 0.1) is 0 Å². The third-order valence-corrected chi connectivity index (χ3v) is 2.80. The number of hydrogen-bond donors (Lipinski definition) is 0. The van der Waals surface area contributed by atoms with Gasteiger partial charge in [-0.15, -0.1) is 0 Å². The van der Waals surface area contributed by atoms with Gasteiger partial charge in [0.15, 0.2) is 0 Å². The second-order valence-electron chi connectivity index (χ2n) is 3.02. The van der Waals surface area contributed by atoms with Crippen LogP contribution in [0.25, 0.3) is 10.8 Å². The number of rotatable bonds is 1. The summed E-state index contributed by atoms with van der Waals surface area (Å²) < 4.78 is 25.7. The van der Waals surface area contributed by atoms with Crippen LogP contribution in [0.15, 0.2) is 40.9 Å². The first-order valence-electron chi connectivity index (χ1n) is 4.15. The highest BCUT2D eigenvalue weighted by Gasteiger charge is 2.07. The van der Waals surface area contributed by atoms with Crippen LogP contribution in [0.4, 0.5) is 8.78 Å². The molecule has 0 aliphatic heterocycles. The van der Waals surface area contributed by atoms with Crippen molar-refractivity contribution in [2.75, 3.05) is 0 Å². The largest absolute Gasteiger partial charge is 0.263 e. The van der Waals surface area contributed by atoms with Crippen molar-refractivity contribution in [3.05, 3.63) is 46.4 Å². The van der Waals surface area contributed by atoms with E-state index < -0.39 is 6.43 Å². The van der Waals surface area contributed by atoms with Gasteiger partial charge in [-0.1, -0.05) is 40.2 Å². The van der Waals surface area contributed by atoms with Crippen molar-refractivity contribution in [1.82, 2.24) is 0 Å². The maximum absolute atomic E-state index is 12.4. The van der Waals surface area contributed by atoms with Gasteiger partial charge in [-0.3, -0.25) is 0 Å². The molecule has 3 heteroatoms. The second-order valence-corrected chi connectivity index (χ2v) is 3.88. The SMILES string of the molecule is FC(F)c1ccc2cccc(Br)c2c1. The summed E-state index contributed by atoms with van der Waals surface area (Å²) in [6.45, 7) is 0. The molecule has 0 amide bonds. The molecule has 0 unspecified atom stereocenters. The average molecular weight is 257 g/mol. The molecular weight excluding hydrogens is 250 g/mol. The molecular formula is C11H7BrF2. The molecule has 0 atom stereocenters. The van der Waals surface area contributed by atoms with Crippen LogP contribution >= 0.6 is 15.9 Å². The van der Waals surface area contributed by atoms with Crippen molar-refractivity contribution >= 4 is 26.7 Å². The summed E-state index contributed by atoms with van der Waals surface area (Å²) in [7, 11) is 0. The van der Waals surface area contributed by atoms with Gasteiger partial charge < -0.3 is 0 Å². The van der Waals surface area contributed by atoms with Crippen LogP contribution in [-0.2, 0) is 0 Å². The smallest absolute Gasteiger partial charge is 0.205 e. The van der Waals surface area contributed by atoms with Crippen molar-refractivity contribution in [3.63, 3.8) is 0 Å². The van der Waals surface area contributed by atoms with Crippen LogP contribution in [0, 0.1) is 0 Å². The summed E-state index contributed by atoms with van der Waals surface area (Å²) in [6, 6.07) is 10.3. The molecule has 0 radical (unpaired) electrons. The Bertz CT molecular complexity index is 466. The van der Waals surface area contributed by atoms with E-state index in [-0.39, 0.29) is 5.56 Å². The van der Waals surface area contributed by atoms with E-state index in [1.165, 1.54) is 12.1 Å². The molecule has 0 aromatic heterocycles. The van der Waals surface area contributed by atoms with E-state index >= 15 is 0 Å². The molecule has 0 aliphatic carbocycles. The van der Waals surface area contributed by atoms with E-state index in [4.69, 9.17) is 0 Å². The minimum absolute atomic E-state index is 0.0596. The van der Waals surface area contributed by atoms with Gasteiger partial charge in [0, 0.05) is 10.0 Å². The number of alkyl halides is 2. The lowest BCUT2D eigenvalue weighted by Gasteiger charge is -2.03. The zero-order valence-electron chi connectivity index (χ0n) is 7.18. The van der Waals surface area contributed by atoms with Crippen molar-refractivity contribution in [3.8, 4) is 0 Å². The minimum atomic E-state index is -2.41. The number of hydrogen-bond acceptors (Lipinski definition) is 0. The number of benzene rings is 2. The highest BCUT2D eigenvalue weighted by molar-refractivity contribution is 9.10. The molecule has 0 spiro atoms. The van der Waals surface area contributed by atoms with Gasteiger partial charge >= 0.3 is 0 Å². The van der Waals surface area contributed by atoms with Crippen LogP contribution in [0.5, 0.6) is 0 Å². The molecule has 0 nitrogen and oxygen atoms in total. The van der Waals surface area contributed by atoms with Gasteiger partial charge in [0.2, 0.25) is 0 Å². The van der Waals surface area contributed by atoms with Crippen LogP contribution in [0.1, 0.15) is 12.0 Å². The molecule has 0 saturated heterocycles. The molecule has 2 aromatic carbocycles. The molecule has 0 aliphatic rings. The summed E-state index contributed by atoms with van der Waals surface area (Å²) in [4.78, 5) is 0. The quantitative estimate of drug-likeness (QED) is 0.703. The molecule has 0 bridgehead atoms. The first kappa shape index (κ1) is 9.59. The summed E-state index contributed by atoms with van der Waals surface area (Å²) in [5, 5.41) is 1.79. The van der Waals surface area contributed by atoms with Crippen molar-refractivity contribution in [2.24, 2.45) is 0 Å². The molecule has 2 rings (SSSR count). The number of halogens is 3. The van der Waals surface area contributed by atoms with E-state index in [0.717, 1.165) is 15.2 Å². The minimum Gasteiger partial charge on any atom is -0.205 e. The van der Waals surface area contributed by atoms with Gasteiger partial charge in [0.1, 0.15) is 0 Å². The van der Waals surface area contributed by atoms with Crippen LogP contribution in [-0.4, -0.2) is 0 Å². The van der Waals surface area contributed by atoms with E-state index in [1.807, 2.05) is 18.2 Å². The average Bonchev–Trinajstić information content (AvgIpc) is 2.18. The molecule has 0 heterocycles. The predicted octanol–water partition coefficient (Wildman–Crippen LogP) is 4.54. The lowest BCUT2D eigenvalue weighted by Crippen LogP contribution is -1.84. The molecule has 2 aromatic rings. The van der Waals surface area contributed by atoms with Gasteiger partial charge in [-0.05, 0) is 22.9 Å². The van der Waals surface area contributed by atoms with E-state index in [0.29, 0.717) is 0 Å². The predicted molar refractivity (Wildman–Crippen MR) is 56.6 cm³/mol. The van der Waals surface area contributed by atoms with Gasteiger partial charge in [0.25, 0.3) is 6.43 Å². The maximum Gasteiger partial charge on any atom is 0.263 e. The summed E-state index contributed by atoms with van der Waals surface area (Å²) in [6.07, 6.45) is -2.41. The summed E-state index contributed by atoms with van der Waals surface area (Å²) in [5.41, 5.74) is 0.0596. The van der Waals surface area contributed by atoms with Crippen LogP contribution < -0.4 is 0 Å². The first-order chi connectivity index (χ1) is 6.68. The standard InChI is InChI=1S/C11H7BrF2/c12-10-3-1-2-7-4-5-8(11(13)14)6-9(7)10/h1-6,11H. The topological polar surface area (TPSA) is 0 Å². The maximum atomic E-state index is 12.4. The Kier molecular flexibility index (Phi) is 2.50. The van der Waals surface area contributed by atoms with E-state index in [2.05, 4.69) is 15.9 Å². The van der Waals surface area contributed by atoms with Crippen LogP contribution in [0.3, 0.4) is 0 Å². The Morgan fingerprint density at radius 2 is 1.86 bits per heavy atom. The number of fused-ring (bicyclic) bond motifs is 1. The van der Waals surface area contributed by atoms with Crippen molar-refractivity contribution in [1.29, 1.82) is 0 Å². The summed E-state index contributed by atoms with van der Waals surface area (Å²) in [5.74, 6) is 0. The molecule has 0 fully saturated rings. The highest BCUT2D eigenvalue weighted by atomic mass is 79.9. The van der Waals surface area contributed by atoms with Crippen molar-refractivity contribution < 1.29 is 8.78 Å². The Hall–Kier alpha value is -0.960. The zero-order chi connectivity index (χ0) is 10.1. The normalized spacial score (nSPS) is 11.1. The van der Waals surface area contributed by atoms with E-state index in [9.17, 15) is 8.78 Å². The molecule has 72 valence electrons. The Morgan fingerprint density at radius 3 is 2.57 bits per heavy atom. The Balaban J connectivity index is 2.70. The highest BCUT2D eigenvalue weighted by Crippen LogP contribution is 2.28. The van der Waals surface area contributed by atoms with Crippen LogP contribution in [0.2, 0.25) is 0 Å². The van der Waals surface area contributed by atoms with Gasteiger partial charge in [-0.25, -0.2) is 8.78 Å². The lowest BCUT2D eigenvalue weighted by atomic mass is 10.1. The third kappa shape index (κ3) is 1.64. The Morgan fingerprint density at radius 1 is 1.07 bits per heavy atom. The molecule has 14 heavy (non-hydrogen) atoms. The third-order valence-electron chi connectivity index (χ3n) is 2.10. The molecule has 0 saturated carbocycles. The lowest BCUT2D eigenvalue weighted by molar-refractivity contribution is 0.151. The first-order valence-corrected chi connectivity index (χ1v) is 4.94. The summed E-state index contributed by atoms with van der Waals surface area (Å²) >= 11 is 3.34. The monoisotopic (exact) mass is 256 g/mol. The van der Waals surface area contributed by atoms with Crippen molar-refractivity contribution in [2.45, 2.75) is 6.43 Å².